The zero-order valence-corrected chi connectivity index (χ0v) is 22.9. The van der Waals surface area contributed by atoms with Crippen LogP contribution in [0.25, 0.3) is 16.9 Å². The van der Waals surface area contributed by atoms with Gasteiger partial charge < -0.3 is 10.4 Å². The lowest BCUT2D eigenvalue weighted by Gasteiger charge is -2.47. The van der Waals surface area contributed by atoms with Crippen molar-refractivity contribution in [2.45, 2.75) is 74.7 Å². The average Bonchev–Trinajstić information content (AvgIpc) is 3.35. The first-order chi connectivity index (χ1) is 18.5. The maximum absolute atomic E-state index is 12.8. The molecule has 8 nitrogen and oxygen atoms in total. The third-order valence-corrected chi connectivity index (χ3v) is 9.26. The summed E-state index contributed by atoms with van der Waals surface area (Å²) in [5.74, 6) is 0.146. The lowest BCUT2D eigenvalue weighted by molar-refractivity contribution is -0.138. The molecule has 2 aliphatic carbocycles. The number of nitrogens with zero attached hydrogens (tertiary/aromatic N) is 4. The van der Waals surface area contributed by atoms with Gasteiger partial charge in [-0.3, -0.25) is 14.4 Å². The van der Waals surface area contributed by atoms with Crippen molar-refractivity contribution < 1.29 is 14.7 Å². The number of carboxylic acids is 1. The second-order valence-corrected chi connectivity index (χ2v) is 11.7. The number of aromatic nitrogens is 3. The maximum Gasteiger partial charge on any atom is 0.328 e. The summed E-state index contributed by atoms with van der Waals surface area (Å²) in [6, 6.07) is 11.1. The number of carbonyl (C=O) groups excluding carboxylic acids is 1. The predicted octanol–water partition coefficient (Wildman–Crippen LogP) is 4.97. The van der Waals surface area contributed by atoms with Gasteiger partial charge in [0.1, 0.15) is 16.2 Å². The number of benzene rings is 1. The summed E-state index contributed by atoms with van der Waals surface area (Å²) in [6.45, 7) is 0.974. The Hall–Kier alpha value is -2.91. The molecule has 0 radical (unpaired) electrons. The molecule has 0 bridgehead atoms. The van der Waals surface area contributed by atoms with Gasteiger partial charge in [0, 0.05) is 24.0 Å². The monoisotopic (exact) mass is 577 g/mol. The number of piperidine rings is 1. The second-order valence-electron chi connectivity index (χ2n) is 10.8. The van der Waals surface area contributed by atoms with E-state index in [4.69, 9.17) is 4.98 Å². The summed E-state index contributed by atoms with van der Waals surface area (Å²) in [5.41, 5.74) is 3.68. The highest BCUT2D eigenvalue weighted by Crippen LogP contribution is 2.49. The second kappa shape index (κ2) is 10.3. The van der Waals surface area contributed by atoms with Crippen molar-refractivity contribution >= 4 is 44.6 Å². The molecule has 1 spiro atoms. The van der Waals surface area contributed by atoms with E-state index >= 15 is 0 Å². The van der Waals surface area contributed by atoms with Gasteiger partial charge in [-0.2, -0.15) is 0 Å². The summed E-state index contributed by atoms with van der Waals surface area (Å²) >= 11 is 3.46. The number of imidazole rings is 1. The molecule has 2 aromatic heterocycles. The molecule has 3 heterocycles. The topological polar surface area (TPSA) is 109 Å². The van der Waals surface area contributed by atoms with E-state index in [-0.39, 0.29) is 18.2 Å². The van der Waals surface area contributed by atoms with Crippen LogP contribution in [0.4, 0.5) is 0 Å². The molecule has 1 aromatic carbocycles. The smallest absolute Gasteiger partial charge is 0.328 e. The summed E-state index contributed by atoms with van der Waals surface area (Å²) in [5, 5.41) is 13.6. The van der Waals surface area contributed by atoms with E-state index in [2.05, 4.69) is 35.8 Å². The highest BCUT2D eigenvalue weighted by atomic mass is 79.9. The number of rotatable bonds is 6. The highest BCUT2D eigenvalue weighted by Gasteiger charge is 2.58. The Bertz CT molecular complexity index is 1390. The molecule has 1 saturated heterocycles. The fourth-order valence-electron chi connectivity index (χ4n) is 6.36. The van der Waals surface area contributed by atoms with Crippen LogP contribution in [0.5, 0.6) is 0 Å². The number of carbonyl (C=O) groups is 2. The quantitative estimate of drug-likeness (QED) is 0.400. The van der Waals surface area contributed by atoms with Crippen LogP contribution in [0, 0.1) is 5.41 Å². The molecule has 38 heavy (non-hydrogen) atoms. The van der Waals surface area contributed by atoms with Crippen molar-refractivity contribution in [2.75, 3.05) is 6.54 Å². The molecular weight excluding hydrogens is 546 g/mol. The SMILES string of the molecule is O=C(O)[C@H](Cc1ccc(-n2c(C3CCCCN3)nc3cccnc32)cc1)N=C1C(Br)C(=O)C12CCCCC2. The van der Waals surface area contributed by atoms with E-state index in [1.807, 2.05) is 36.4 Å². The van der Waals surface area contributed by atoms with Gasteiger partial charge in [0.2, 0.25) is 0 Å². The molecule has 3 aliphatic rings. The van der Waals surface area contributed by atoms with Crippen molar-refractivity contribution in [3.63, 3.8) is 0 Å². The van der Waals surface area contributed by atoms with Crippen LogP contribution in [-0.4, -0.2) is 54.5 Å². The van der Waals surface area contributed by atoms with Crippen molar-refractivity contribution in [1.29, 1.82) is 0 Å². The lowest BCUT2D eigenvalue weighted by atomic mass is 9.58. The number of fused-ring (bicyclic) bond motifs is 1. The van der Waals surface area contributed by atoms with Gasteiger partial charge in [0.25, 0.3) is 0 Å². The number of Topliss-reactive ketones (excluding diaryl/α,β-unsaturated/α-hetero) is 1. The van der Waals surface area contributed by atoms with Gasteiger partial charge in [0.05, 0.1) is 11.5 Å². The average molecular weight is 579 g/mol. The number of alkyl halides is 1. The van der Waals surface area contributed by atoms with Crippen LogP contribution >= 0.6 is 15.9 Å². The predicted molar refractivity (Wildman–Crippen MR) is 149 cm³/mol. The van der Waals surface area contributed by atoms with Gasteiger partial charge in [0.15, 0.2) is 17.5 Å². The summed E-state index contributed by atoms with van der Waals surface area (Å²) in [7, 11) is 0. The fraction of sp³-hybridized carbons (Fsp3) is 0.483. The van der Waals surface area contributed by atoms with E-state index < -0.39 is 22.3 Å². The largest absolute Gasteiger partial charge is 0.480 e. The van der Waals surface area contributed by atoms with Crippen molar-refractivity contribution in [2.24, 2.45) is 10.4 Å². The first-order valence-corrected chi connectivity index (χ1v) is 14.5. The van der Waals surface area contributed by atoms with E-state index in [0.29, 0.717) is 0 Å². The third kappa shape index (κ3) is 4.39. The first kappa shape index (κ1) is 25.4. The standard InChI is InChI=1S/C29H32BrN5O3/c30-23-24(29(25(23)36)13-3-1-4-14-29)33-22(28(37)38)17-18-9-11-19(12-10-18)35-26-21(8-6-16-32-26)34-27(35)20-7-2-5-15-31-20/h6,8-12,16,20,22-23,31H,1-5,7,13-15,17H2,(H,37,38)/t20?,22-,23?/m0/s1. The van der Waals surface area contributed by atoms with Crippen LogP contribution < -0.4 is 5.32 Å². The molecular formula is C29H32BrN5O3. The molecule has 2 N–H and O–H groups in total. The molecule has 2 unspecified atom stereocenters. The number of pyridine rings is 1. The molecule has 9 heteroatoms. The van der Waals surface area contributed by atoms with Crippen molar-refractivity contribution in [3.8, 4) is 5.69 Å². The molecule has 3 aromatic rings. The van der Waals surface area contributed by atoms with Crippen LogP contribution in [0.3, 0.4) is 0 Å². The van der Waals surface area contributed by atoms with Gasteiger partial charge >= 0.3 is 5.97 Å². The molecule has 6 rings (SSSR count). The van der Waals surface area contributed by atoms with Gasteiger partial charge in [-0.15, -0.1) is 0 Å². The number of aliphatic carboxylic acids is 1. The van der Waals surface area contributed by atoms with E-state index in [0.717, 1.165) is 85.4 Å². The Balaban J connectivity index is 1.28. The van der Waals surface area contributed by atoms with Crippen LogP contribution in [-0.2, 0) is 16.0 Å². The van der Waals surface area contributed by atoms with Gasteiger partial charge in [-0.05, 0) is 62.1 Å². The number of aliphatic imine (C=N–C) groups is 1. The van der Waals surface area contributed by atoms with Crippen LogP contribution in [0.15, 0.2) is 47.6 Å². The molecule has 0 amide bonds. The highest BCUT2D eigenvalue weighted by molar-refractivity contribution is 9.10. The number of hydrogen-bond donors (Lipinski definition) is 2. The maximum atomic E-state index is 12.8. The van der Waals surface area contributed by atoms with E-state index in [1.165, 1.54) is 6.42 Å². The lowest BCUT2D eigenvalue weighted by Crippen LogP contribution is -2.61. The van der Waals surface area contributed by atoms with Crippen LogP contribution in [0.1, 0.15) is 68.8 Å². The summed E-state index contributed by atoms with van der Waals surface area (Å²) < 4.78 is 2.11. The van der Waals surface area contributed by atoms with Crippen molar-refractivity contribution in [1.82, 2.24) is 19.9 Å². The van der Waals surface area contributed by atoms with Crippen LogP contribution in [0.2, 0.25) is 0 Å². The Morgan fingerprint density at radius 1 is 1.16 bits per heavy atom. The summed E-state index contributed by atoms with van der Waals surface area (Å²) in [6.07, 6.45) is 10.1. The van der Waals surface area contributed by atoms with Gasteiger partial charge in [-0.1, -0.05) is 53.7 Å². The number of halogens is 1. The number of hydrogen-bond acceptors (Lipinski definition) is 6. The molecule has 3 atom stereocenters. The minimum atomic E-state index is -0.970. The first-order valence-electron chi connectivity index (χ1n) is 13.6. The Kier molecular flexibility index (Phi) is 6.90. The minimum Gasteiger partial charge on any atom is -0.480 e. The Morgan fingerprint density at radius 2 is 1.95 bits per heavy atom. The zero-order valence-electron chi connectivity index (χ0n) is 21.3. The van der Waals surface area contributed by atoms with E-state index in [1.54, 1.807) is 6.20 Å². The fourth-order valence-corrected chi connectivity index (χ4v) is 7.35. The molecule has 3 fully saturated rings. The molecule has 1 aliphatic heterocycles. The van der Waals surface area contributed by atoms with Gasteiger partial charge in [-0.25, -0.2) is 14.8 Å². The normalized spacial score (nSPS) is 25.0. The molecule has 2 saturated carbocycles. The number of carboxylic acid groups (broad SMARTS) is 1. The molecule has 198 valence electrons. The van der Waals surface area contributed by atoms with E-state index in [9.17, 15) is 14.7 Å². The van der Waals surface area contributed by atoms with Crippen molar-refractivity contribution in [3.05, 3.63) is 54.0 Å². The Morgan fingerprint density at radius 3 is 2.66 bits per heavy atom. The number of ketones is 1. The zero-order chi connectivity index (χ0) is 26.3. The minimum absolute atomic E-state index is 0.161. The third-order valence-electron chi connectivity index (χ3n) is 8.41. The number of nitrogens with one attached hydrogen (secondary N) is 1. The summed E-state index contributed by atoms with van der Waals surface area (Å²) in [4.78, 5) is 38.7. The Labute approximate surface area is 230 Å².